The van der Waals surface area contributed by atoms with E-state index in [1.54, 1.807) is 31.2 Å². The molecule has 0 aliphatic rings. The van der Waals surface area contributed by atoms with Crippen molar-refractivity contribution in [1.82, 2.24) is 0 Å². The van der Waals surface area contributed by atoms with Crippen LogP contribution in [-0.4, -0.2) is 16.4 Å². The highest BCUT2D eigenvalue weighted by Crippen LogP contribution is 2.36. The minimum absolute atomic E-state index is 0.120. The second kappa shape index (κ2) is 6.70. The van der Waals surface area contributed by atoms with E-state index in [4.69, 9.17) is 11.5 Å². The minimum atomic E-state index is -4.78. The smallest absolute Gasteiger partial charge is 0.398 e. The first-order valence-corrected chi connectivity index (χ1v) is 7.29. The van der Waals surface area contributed by atoms with Gasteiger partial charge in [0, 0.05) is 22.5 Å². The molecule has 24 heavy (non-hydrogen) atoms. The van der Waals surface area contributed by atoms with Crippen molar-refractivity contribution < 1.29 is 23.4 Å². The molecule has 0 fully saturated rings. The van der Waals surface area contributed by atoms with Crippen molar-refractivity contribution in [3.63, 3.8) is 0 Å². The van der Waals surface area contributed by atoms with Gasteiger partial charge in [-0.1, -0.05) is 24.3 Å². The Bertz CT molecular complexity index is 730. The van der Waals surface area contributed by atoms with Crippen LogP contribution < -0.4 is 11.5 Å². The van der Waals surface area contributed by atoms with Crippen molar-refractivity contribution in [1.29, 1.82) is 0 Å². The average molecular weight is 340 g/mol. The van der Waals surface area contributed by atoms with Gasteiger partial charge in [0.1, 0.15) is 0 Å². The number of aliphatic hydroxyl groups excluding tert-OH is 2. The maximum absolute atomic E-state index is 12.7. The second-order valence-electron chi connectivity index (χ2n) is 5.72. The number of alkyl halides is 3. The highest BCUT2D eigenvalue weighted by Gasteiger charge is 2.40. The molecule has 0 amide bonds. The molecule has 2 aromatic rings. The van der Waals surface area contributed by atoms with E-state index in [9.17, 15) is 23.4 Å². The molecule has 0 saturated carbocycles. The van der Waals surface area contributed by atoms with Gasteiger partial charge in [-0.05, 0) is 36.6 Å². The van der Waals surface area contributed by atoms with E-state index in [1.807, 2.05) is 0 Å². The fourth-order valence-corrected chi connectivity index (χ4v) is 2.48. The molecule has 0 saturated heterocycles. The zero-order valence-corrected chi connectivity index (χ0v) is 13.0. The molecule has 4 nitrogen and oxygen atoms in total. The van der Waals surface area contributed by atoms with Crippen molar-refractivity contribution in [3.05, 3.63) is 58.7 Å². The summed E-state index contributed by atoms with van der Waals surface area (Å²) in [6.45, 7) is 1.58. The first-order chi connectivity index (χ1) is 11.1. The van der Waals surface area contributed by atoms with E-state index in [0.29, 0.717) is 23.2 Å². The maximum atomic E-state index is 12.7. The lowest BCUT2D eigenvalue weighted by atomic mass is 9.96. The van der Waals surface area contributed by atoms with Crippen LogP contribution in [0.25, 0.3) is 0 Å². The van der Waals surface area contributed by atoms with Crippen LogP contribution in [0.1, 0.15) is 41.4 Å². The van der Waals surface area contributed by atoms with Crippen molar-refractivity contribution >= 4 is 11.4 Å². The minimum Gasteiger partial charge on any atom is -0.398 e. The molecule has 0 radical (unpaired) electrons. The summed E-state index contributed by atoms with van der Waals surface area (Å²) in [6, 6.07) is 9.26. The number of hydrogen-bond donors (Lipinski definition) is 4. The molecule has 0 aromatic heterocycles. The molecule has 2 aromatic carbocycles. The van der Waals surface area contributed by atoms with Crippen LogP contribution >= 0.6 is 0 Å². The summed E-state index contributed by atoms with van der Waals surface area (Å²) >= 11 is 0. The lowest BCUT2D eigenvalue weighted by Gasteiger charge is -2.18. The summed E-state index contributed by atoms with van der Waals surface area (Å²) in [5, 5.41) is 19.1. The number of halogens is 3. The Balaban J connectivity index is 2.33. The van der Waals surface area contributed by atoms with Gasteiger partial charge in [0.2, 0.25) is 0 Å². The van der Waals surface area contributed by atoms with Crippen LogP contribution in [0.4, 0.5) is 24.5 Å². The Morgan fingerprint density at radius 2 is 1.38 bits per heavy atom. The van der Waals surface area contributed by atoms with Gasteiger partial charge >= 0.3 is 6.18 Å². The van der Waals surface area contributed by atoms with Crippen molar-refractivity contribution in [3.8, 4) is 0 Å². The first kappa shape index (κ1) is 18.1. The van der Waals surface area contributed by atoms with Gasteiger partial charge in [-0.3, -0.25) is 0 Å². The van der Waals surface area contributed by atoms with E-state index < -0.39 is 18.4 Å². The summed E-state index contributed by atoms with van der Waals surface area (Å²) in [4.78, 5) is 0. The predicted molar refractivity (Wildman–Crippen MR) is 86.2 cm³/mol. The van der Waals surface area contributed by atoms with Gasteiger partial charge in [-0.2, -0.15) is 13.2 Å². The summed E-state index contributed by atoms with van der Waals surface area (Å²) in [6.07, 6.45) is -7.85. The molecule has 0 spiro atoms. The number of benzene rings is 2. The maximum Gasteiger partial charge on any atom is 0.418 e. The zero-order chi connectivity index (χ0) is 18.1. The number of hydrogen-bond acceptors (Lipinski definition) is 4. The number of aliphatic hydroxyl groups is 2. The molecule has 0 heterocycles. The van der Waals surface area contributed by atoms with Crippen molar-refractivity contribution in [2.75, 3.05) is 11.5 Å². The highest BCUT2D eigenvalue weighted by molar-refractivity contribution is 5.53. The van der Waals surface area contributed by atoms with Gasteiger partial charge in [0.25, 0.3) is 0 Å². The number of nitrogen functional groups attached to an aromatic ring is 2. The Morgan fingerprint density at radius 1 is 0.917 bits per heavy atom. The van der Waals surface area contributed by atoms with E-state index >= 15 is 0 Å². The lowest BCUT2D eigenvalue weighted by Crippen LogP contribution is -2.21. The summed E-state index contributed by atoms with van der Waals surface area (Å²) < 4.78 is 38.1. The average Bonchev–Trinajstić information content (AvgIpc) is 2.49. The fourth-order valence-electron chi connectivity index (χ4n) is 2.48. The number of anilines is 2. The SMILES string of the molecule is CC(O)c1cc(Cc2ccc(N)c(C(O)C(F)(F)F)c2)ccc1N. The third-order valence-corrected chi connectivity index (χ3v) is 3.77. The van der Waals surface area contributed by atoms with Gasteiger partial charge in [-0.25, -0.2) is 0 Å². The molecule has 6 N–H and O–H groups in total. The van der Waals surface area contributed by atoms with Crippen LogP contribution in [0.2, 0.25) is 0 Å². The van der Waals surface area contributed by atoms with Crippen LogP contribution in [0.15, 0.2) is 36.4 Å². The fraction of sp³-hybridized carbons (Fsp3) is 0.294. The Hall–Kier alpha value is -2.25. The highest BCUT2D eigenvalue weighted by atomic mass is 19.4. The van der Waals surface area contributed by atoms with Crippen LogP contribution in [0, 0.1) is 0 Å². The van der Waals surface area contributed by atoms with Crippen LogP contribution in [0.5, 0.6) is 0 Å². The van der Waals surface area contributed by atoms with Crippen molar-refractivity contribution in [2.24, 2.45) is 0 Å². The quantitative estimate of drug-likeness (QED) is 0.644. The van der Waals surface area contributed by atoms with Crippen molar-refractivity contribution in [2.45, 2.75) is 31.7 Å². The Kier molecular flexibility index (Phi) is 5.05. The normalized spacial score (nSPS) is 14.4. The van der Waals surface area contributed by atoms with E-state index in [2.05, 4.69) is 0 Å². The molecule has 0 bridgehead atoms. The Labute approximate surface area is 137 Å². The largest absolute Gasteiger partial charge is 0.418 e. The van der Waals surface area contributed by atoms with E-state index in [-0.39, 0.29) is 11.3 Å². The van der Waals surface area contributed by atoms with Gasteiger partial charge in [-0.15, -0.1) is 0 Å². The van der Waals surface area contributed by atoms with Gasteiger partial charge in [0.05, 0.1) is 6.10 Å². The zero-order valence-electron chi connectivity index (χ0n) is 13.0. The molecule has 0 aliphatic heterocycles. The molecule has 7 heteroatoms. The first-order valence-electron chi connectivity index (χ1n) is 7.29. The summed E-state index contributed by atoms with van der Waals surface area (Å²) in [5.41, 5.74) is 13.2. The Morgan fingerprint density at radius 3 is 1.83 bits per heavy atom. The molecular weight excluding hydrogens is 321 g/mol. The predicted octanol–water partition coefficient (Wildman–Crippen LogP) is 3.09. The molecule has 2 unspecified atom stereocenters. The van der Waals surface area contributed by atoms with Crippen LogP contribution in [-0.2, 0) is 6.42 Å². The standard InChI is InChI=1S/C17H19F3N2O2/c1-9(23)12-7-10(2-4-14(12)21)6-11-3-5-15(22)13(8-11)16(24)17(18,19)20/h2-5,7-9,16,23-24H,6,21-22H2,1H3. The van der Waals surface area contributed by atoms with E-state index in [0.717, 1.165) is 5.56 Å². The number of rotatable bonds is 4. The van der Waals surface area contributed by atoms with Crippen LogP contribution in [0.3, 0.4) is 0 Å². The summed E-state index contributed by atoms with van der Waals surface area (Å²) in [5.74, 6) is 0. The topological polar surface area (TPSA) is 92.5 Å². The number of nitrogens with two attached hydrogens (primary N) is 2. The molecule has 2 rings (SSSR count). The molecule has 2 atom stereocenters. The second-order valence-corrected chi connectivity index (χ2v) is 5.72. The van der Waals surface area contributed by atoms with Gasteiger partial charge in [0.15, 0.2) is 6.10 Å². The monoisotopic (exact) mass is 340 g/mol. The third-order valence-electron chi connectivity index (χ3n) is 3.77. The lowest BCUT2D eigenvalue weighted by molar-refractivity contribution is -0.206. The van der Waals surface area contributed by atoms with Gasteiger partial charge < -0.3 is 21.7 Å². The van der Waals surface area contributed by atoms with E-state index in [1.165, 1.54) is 12.1 Å². The molecular formula is C17H19F3N2O2. The third kappa shape index (κ3) is 3.98. The molecule has 130 valence electrons. The summed E-state index contributed by atoms with van der Waals surface area (Å²) in [7, 11) is 0. The molecule has 0 aliphatic carbocycles.